The third-order valence-electron chi connectivity index (χ3n) is 2.03. The van der Waals surface area contributed by atoms with Crippen molar-refractivity contribution in [3.05, 3.63) is 22.7 Å². The van der Waals surface area contributed by atoms with E-state index < -0.39 is 0 Å². The maximum absolute atomic E-state index is 6.10. The van der Waals surface area contributed by atoms with Crippen LogP contribution < -0.4 is 14.8 Å². The smallest absolute Gasteiger partial charge is 0.167 e. The number of ether oxygens (including phenoxy) is 2. The minimum Gasteiger partial charge on any atom is -0.493 e. The molecule has 0 aliphatic carbocycles. The number of halogens is 1. The predicted octanol–water partition coefficient (Wildman–Crippen LogP) is 2.47. The highest BCUT2D eigenvalue weighted by Crippen LogP contribution is 2.35. The Labute approximate surface area is 95.3 Å². The molecule has 1 N–H and O–H groups in total. The van der Waals surface area contributed by atoms with Gasteiger partial charge in [-0.3, -0.25) is 0 Å². The Morgan fingerprint density at radius 1 is 1.40 bits per heavy atom. The molecule has 1 aromatic rings. The summed E-state index contributed by atoms with van der Waals surface area (Å²) < 4.78 is 10.8. The zero-order chi connectivity index (χ0) is 11.3. The van der Waals surface area contributed by atoms with E-state index in [0.717, 1.165) is 11.3 Å². The molecule has 84 valence electrons. The van der Waals surface area contributed by atoms with Gasteiger partial charge in [0.25, 0.3) is 0 Å². The Kier molecular flexibility index (Phi) is 4.72. The van der Waals surface area contributed by atoms with Crippen LogP contribution >= 0.6 is 11.6 Å². The fourth-order valence-electron chi connectivity index (χ4n) is 1.39. The van der Waals surface area contributed by atoms with Crippen molar-refractivity contribution in [1.29, 1.82) is 0 Å². The monoisotopic (exact) mass is 229 g/mol. The summed E-state index contributed by atoms with van der Waals surface area (Å²) in [7, 11) is 3.49. The van der Waals surface area contributed by atoms with Gasteiger partial charge in [0.1, 0.15) is 0 Å². The van der Waals surface area contributed by atoms with E-state index in [-0.39, 0.29) is 0 Å². The minimum absolute atomic E-state index is 0.591. The van der Waals surface area contributed by atoms with E-state index in [1.807, 2.05) is 26.1 Å². The Balaban J connectivity index is 3.17. The van der Waals surface area contributed by atoms with Crippen LogP contribution in [0.2, 0.25) is 5.02 Å². The molecule has 0 aliphatic heterocycles. The van der Waals surface area contributed by atoms with Crippen molar-refractivity contribution < 1.29 is 9.47 Å². The van der Waals surface area contributed by atoms with Crippen LogP contribution in [0.5, 0.6) is 11.5 Å². The zero-order valence-corrected chi connectivity index (χ0v) is 10.0. The summed E-state index contributed by atoms with van der Waals surface area (Å²) in [5.74, 6) is 1.44. The minimum atomic E-state index is 0.591. The SMILES string of the molecule is CCOc1c(OC)ccc(Cl)c1CNC. The average molecular weight is 230 g/mol. The highest BCUT2D eigenvalue weighted by atomic mass is 35.5. The zero-order valence-electron chi connectivity index (χ0n) is 9.26. The maximum atomic E-state index is 6.10. The molecule has 0 saturated heterocycles. The van der Waals surface area contributed by atoms with Gasteiger partial charge in [0.15, 0.2) is 11.5 Å². The number of methoxy groups -OCH3 is 1. The van der Waals surface area contributed by atoms with Crippen molar-refractivity contribution in [3.8, 4) is 11.5 Å². The van der Waals surface area contributed by atoms with Crippen LogP contribution in [0.4, 0.5) is 0 Å². The molecule has 0 bridgehead atoms. The lowest BCUT2D eigenvalue weighted by Gasteiger charge is -2.15. The molecule has 0 aliphatic rings. The summed E-state index contributed by atoms with van der Waals surface area (Å²) in [5, 5.41) is 3.74. The van der Waals surface area contributed by atoms with Crippen LogP contribution in [-0.4, -0.2) is 20.8 Å². The Hall–Kier alpha value is -0.930. The molecule has 3 nitrogen and oxygen atoms in total. The highest BCUT2D eigenvalue weighted by Gasteiger charge is 2.13. The lowest BCUT2D eigenvalue weighted by Crippen LogP contribution is -2.09. The molecule has 0 fully saturated rings. The van der Waals surface area contributed by atoms with Crippen LogP contribution in [0.3, 0.4) is 0 Å². The molecule has 0 atom stereocenters. The standard InChI is InChI=1S/C11H16ClNO2/c1-4-15-11-8(7-13-2)9(12)5-6-10(11)14-3/h5-6,13H,4,7H2,1-3H3. The van der Waals surface area contributed by atoms with Gasteiger partial charge in [0.2, 0.25) is 0 Å². The molecule has 0 spiro atoms. The fourth-order valence-corrected chi connectivity index (χ4v) is 1.60. The normalized spacial score (nSPS) is 10.1. The fraction of sp³-hybridized carbons (Fsp3) is 0.455. The van der Waals surface area contributed by atoms with Gasteiger partial charge in [0.05, 0.1) is 13.7 Å². The van der Waals surface area contributed by atoms with Crippen molar-refractivity contribution >= 4 is 11.6 Å². The second kappa shape index (κ2) is 5.83. The number of hydrogen-bond donors (Lipinski definition) is 1. The van der Waals surface area contributed by atoms with Gasteiger partial charge in [-0.2, -0.15) is 0 Å². The molecule has 1 aromatic carbocycles. The predicted molar refractivity (Wildman–Crippen MR) is 61.9 cm³/mol. The number of benzene rings is 1. The molecule has 0 amide bonds. The average Bonchev–Trinajstić information content (AvgIpc) is 2.24. The van der Waals surface area contributed by atoms with E-state index in [0.29, 0.717) is 23.9 Å². The quantitative estimate of drug-likeness (QED) is 0.842. The molecule has 0 heterocycles. The molecule has 1 rings (SSSR count). The van der Waals surface area contributed by atoms with E-state index in [1.165, 1.54) is 0 Å². The summed E-state index contributed by atoms with van der Waals surface area (Å²) in [4.78, 5) is 0. The van der Waals surface area contributed by atoms with Gasteiger partial charge >= 0.3 is 0 Å². The largest absolute Gasteiger partial charge is 0.493 e. The topological polar surface area (TPSA) is 30.5 Å². The molecule has 0 radical (unpaired) electrons. The first-order valence-corrected chi connectivity index (χ1v) is 5.25. The summed E-state index contributed by atoms with van der Waals surface area (Å²) in [6.07, 6.45) is 0. The molecule has 0 aromatic heterocycles. The van der Waals surface area contributed by atoms with E-state index >= 15 is 0 Å². The third-order valence-corrected chi connectivity index (χ3v) is 2.38. The van der Waals surface area contributed by atoms with Crippen molar-refractivity contribution in [2.45, 2.75) is 13.5 Å². The first-order valence-electron chi connectivity index (χ1n) is 4.87. The second-order valence-corrected chi connectivity index (χ2v) is 3.43. The molecule has 15 heavy (non-hydrogen) atoms. The van der Waals surface area contributed by atoms with Crippen molar-refractivity contribution in [3.63, 3.8) is 0 Å². The van der Waals surface area contributed by atoms with E-state index in [4.69, 9.17) is 21.1 Å². The highest BCUT2D eigenvalue weighted by molar-refractivity contribution is 6.31. The molecule has 0 saturated carbocycles. The number of hydrogen-bond acceptors (Lipinski definition) is 3. The molecule has 4 heteroatoms. The van der Waals surface area contributed by atoms with Gasteiger partial charge in [-0.05, 0) is 26.1 Å². The van der Waals surface area contributed by atoms with Gasteiger partial charge in [-0.15, -0.1) is 0 Å². The third kappa shape index (κ3) is 2.76. The lowest BCUT2D eigenvalue weighted by molar-refractivity contribution is 0.307. The summed E-state index contributed by atoms with van der Waals surface area (Å²) >= 11 is 6.10. The van der Waals surface area contributed by atoms with E-state index in [2.05, 4.69) is 5.32 Å². The van der Waals surface area contributed by atoms with Crippen LogP contribution in [0, 0.1) is 0 Å². The lowest BCUT2D eigenvalue weighted by atomic mass is 10.2. The molecular formula is C11H16ClNO2. The molecular weight excluding hydrogens is 214 g/mol. The van der Waals surface area contributed by atoms with Gasteiger partial charge < -0.3 is 14.8 Å². The van der Waals surface area contributed by atoms with Gasteiger partial charge in [0, 0.05) is 17.1 Å². The summed E-state index contributed by atoms with van der Waals surface area (Å²) in [5.41, 5.74) is 0.931. The Morgan fingerprint density at radius 2 is 2.13 bits per heavy atom. The van der Waals surface area contributed by atoms with Crippen molar-refractivity contribution in [1.82, 2.24) is 5.32 Å². The first kappa shape index (κ1) is 12.1. The molecule has 0 unspecified atom stereocenters. The van der Waals surface area contributed by atoms with Gasteiger partial charge in [-0.25, -0.2) is 0 Å². The first-order chi connectivity index (χ1) is 7.24. The van der Waals surface area contributed by atoms with Crippen molar-refractivity contribution in [2.24, 2.45) is 0 Å². The Morgan fingerprint density at radius 3 is 2.67 bits per heavy atom. The maximum Gasteiger partial charge on any atom is 0.167 e. The van der Waals surface area contributed by atoms with Crippen LogP contribution in [-0.2, 0) is 6.54 Å². The van der Waals surface area contributed by atoms with Crippen LogP contribution in [0.1, 0.15) is 12.5 Å². The van der Waals surface area contributed by atoms with Crippen LogP contribution in [0.15, 0.2) is 12.1 Å². The number of rotatable bonds is 5. The van der Waals surface area contributed by atoms with Crippen LogP contribution in [0.25, 0.3) is 0 Å². The number of nitrogens with one attached hydrogen (secondary N) is 1. The Bertz CT molecular complexity index is 329. The van der Waals surface area contributed by atoms with E-state index in [1.54, 1.807) is 7.11 Å². The van der Waals surface area contributed by atoms with Gasteiger partial charge in [-0.1, -0.05) is 11.6 Å². The summed E-state index contributed by atoms with van der Waals surface area (Å²) in [6, 6.07) is 3.63. The van der Waals surface area contributed by atoms with E-state index in [9.17, 15) is 0 Å². The summed E-state index contributed by atoms with van der Waals surface area (Å²) in [6.45, 7) is 3.18. The second-order valence-electron chi connectivity index (χ2n) is 3.02. The van der Waals surface area contributed by atoms with Crippen molar-refractivity contribution in [2.75, 3.05) is 20.8 Å².